The standard InChI is InChI=1S/C7H12ClN3OS/c1-6-10-11-7(13-6)9-3-5-12-4-2-8/h2-5H2,1H3,(H,9,11). The van der Waals surface area contributed by atoms with Crippen molar-refractivity contribution in [3.8, 4) is 0 Å². The van der Waals surface area contributed by atoms with Gasteiger partial charge in [0.25, 0.3) is 0 Å². The van der Waals surface area contributed by atoms with Gasteiger partial charge in [0.05, 0.1) is 13.2 Å². The third kappa shape index (κ3) is 4.40. The van der Waals surface area contributed by atoms with Gasteiger partial charge in [-0.1, -0.05) is 11.3 Å². The van der Waals surface area contributed by atoms with E-state index in [0.29, 0.717) is 19.1 Å². The minimum atomic E-state index is 0.540. The molecule has 1 N–H and O–H groups in total. The molecule has 0 unspecified atom stereocenters. The van der Waals surface area contributed by atoms with Crippen LogP contribution in [-0.4, -0.2) is 35.8 Å². The molecule has 0 amide bonds. The zero-order valence-corrected chi connectivity index (χ0v) is 8.99. The molecule has 0 aliphatic carbocycles. The molecule has 0 fully saturated rings. The van der Waals surface area contributed by atoms with Gasteiger partial charge in [-0.25, -0.2) is 0 Å². The molecule has 0 aliphatic heterocycles. The highest BCUT2D eigenvalue weighted by molar-refractivity contribution is 7.15. The van der Waals surface area contributed by atoms with Gasteiger partial charge >= 0.3 is 0 Å². The Morgan fingerprint density at radius 1 is 1.46 bits per heavy atom. The normalized spacial score (nSPS) is 10.3. The van der Waals surface area contributed by atoms with E-state index in [1.165, 1.54) is 11.3 Å². The molecule has 1 aromatic heterocycles. The average molecular weight is 222 g/mol. The molecule has 0 saturated carbocycles. The maximum Gasteiger partial charge on any atom is 0.205 e. The minimum absolute atomic E-state index is 0.540. The molecule has 0 spiro atoms. The van der Waals surface area contributed by atoms with Gasteiger partial charge in [-0.2, -0.15) is 0 Å². The van der Waals surface area contributed by atoms with Gasteiger partial charge in [-0.3, -0.25) is 0 Å². The molecule has 13 heavy (non-hydrogen) atoms. The molecular weight excluding hydrogens is 210 g/mol. The van der Waals surface area contributed by atoms with E-state index in [0.717, 1.165) is 16.7 Å². The van der Waals surface area contributed by atoms with E-state index < -0.39 is 0 Å². The van der Waals surface area contributed by atoms with E-state index in [4.69, 9.17) is 16.3 Å². The summed E-state index contributed by atoms with van der Waals surface area (Å²) in [6, 6.07) is 0. The summed E-state index contributed by atoms with van der Waals surface area (Å²) < 4.78 is 5.17. The zero-order chi connectivity index (χ0) is 9.52. The van der Waals surface area contributed by atoms with E-state index in [1.807, 2.05) is 6.92 Å². The van der Waals surface area contributed by atoms with Crippen LogP contribution >= 0.6 is 22.9 Å². The van der Waals surface area contributed by atoms with Gasteiger partial charge in [-0.15, -0.1) is 21.8 Å². The number of alkyl halides is 1. The van der Waals surface area contributed by atoms with Crippen molar-refractivity contribution >= 4 is 28.1 Å². The topological polar surface area (TPSA) is 47.0 Å². The van der Waals surface area contributed by atoms with Crippen molar-refractivity contribution in [3.05, 3.63) is 5.01 Å². The number of aryl methyl sites for hydroxylation is 1. The molecule has 1 rings (SSSR count). The fraction of sp³-hybridized carbons (Fsp3) is 0.714. The number of nitrogens with one attached hydrogen (secondary N) is 1. The highest BCUT2D eigenvalue weighted by Gasteiger charge is 1.97. The summed E-state index contributed by atoms with van der Waals surface area (Å²) in [4.78, 5) is 0. The van der Waals surface area contributed by atoms with E-state index in [2.05, 4.69) is 15.5 Å². The molecule has 4 nitrogen and oxygen atoms in total. The van der Waals surface area contributed by atoms with E-state index >= 15 is 0 Å². The summed E-state index contributed by atoms with van der Waals surface area (Å²) in [6.45, 7) is 3.90. The number of hydrogen-bond donors (Lipinski definition) is 1. The van der Waals surface area contributed by atoms with E-state index in [1.54, 1.807) is 0 Å². The second kappa shape index (κ2) is 6.12. The number of rotatable bonds is 6. The van der Waals surface area contributed by atoms with E-state index in [9.17, 15) is 0 Å². The summed E-state index contributed by atoms with van der Waals surface area (Å²) in [5, 5.41) is 12.7. The molecule has 0 saturated heterocycles. The molecule has 0 atom stereocenters. The first-order valence-electron chi connectivity index (χ1n) is 4.00. The molecule has 6 heteroatoms. The molecular formula is C7H12ClN3OS. The Morgan fingerprint density at radius 2 is 2.31 bits per heavy atom. The van der Waals surface area contributed by atoms with Crippen LogP contribution < -0.4 is 5.32 Å². The molecule has 0 bridgehead atoms. The molecule has 1 heterocycles. The number of anilines is 1. The SMILES string of the molecule is Cc1nnc(NCCOCCCl)s1. The highest BCUT2D eigenvalue weighted by Crippen LogP contribution is 2.12. The van der Waals surface area contributed by atoms with Crippen LogP contribution in [0, 0.1) is 6.92 Å². The van der Waals surface area contributed by atoms with Crippen LogP contribution in [0.4, 0.5) is 5.13 Å². The Bertz CT molecular complexity index is 243. The zero-order valence-electron chi connectivity index (χ0n) is 7.42. The lowest BCUT2D eigenvalue weighted by molar-refractivity contribution is 0.160. The van der Waals surface area contributed by atoms with Crippen LogP contribution in [0.3, 0.4) is 0 Å². The maximum absolute atomic E-state index is 5.44. The van der Waals surface area contributed by atoms with Crippen molar-refractivity contribution in [1.29, 1.82) is 0 Å². The third-order valence-electron chi connectivity index (χ3n) is 1.27. The summed E-state index contributed by atoms with van der Waals surface area (Å²) in [5.74, 6) is 0.540. The number of aromatic nitrogens is 2. The highest BCUT2D eigenvalue weighted by atomic mass is 35.5. The number of nitrogens with zero attached hydrogens (tertiary/aromatic N) is 2. The number of hydrogen-bond acceptors (Lipinski definition) is 5. The second-order valence-corrected chi connectivity index (χ2v) is 3.91. The van der Waals surface area contributed by atoms with Crippen molar-refractivity contribution in [2.75, 3.05) is 31.0 Å². The van der Waals surface area contributed by atoms with Crippen molar-refractivity contribution in [1.82, 2.24) is 10.2 Å². The predicted octanol–water partition coefficient (Wildman–Crippen LogP) is 1.51. The Balaban J connectivity index is 2.06. The Kier molecular flexibility index (Phi) is 5.03. The number of ether oxygens (including phenoxy) is 1. The van der Waals surface area contributed by atoms with Gasteiger partial charge < -0.3 is 10.1 Å². The fourth-order valence-electron chi connectivity index (χ4n) is 0.755. The molecule has 0 aliphatic rings. The third-order valence-corrected chi connectivity index (χ3v) is 2.22. The van der Waals surface area contributed by atoms with Crippen LogP contribution in [0.2, 0.25) is 0 Å². The molecule has 1 aromatic rings. The summed E-state index contributed by atoms with van der Waals surface area (Å²) >= 11 is 6.97. The van der Waals surface area contributed by atoms with Crippen LogP contribution in [-0.2, 0) is 4.74 Å². The smallest absolute Gasteiger partial charge is 0.205 e. The van der Waals surface area contributed by atoms with E-state index in [-0.39, 0.29) is 0 Å². The molecule has 74 valence electrons. The molecule has 0 aromatic carbocycles. The average Bonchev–Trinajstić information content (AvgIpc) is 2.51. The fourth-order valence-corrected chi connectivity index (χ4v) is 1.48. The Morgan fingerprint density at radius 3 is 2.92 bits per heavy atom. The maximum atomic E-state index is 5.44. The first-order valence-corrected chi connectivity index (χ1v) is 5.35. The van der Waals surface area contributed by atoms with Crippen molar-refractivity contribution in [2.45, 2.75) is 6.92 Å². The summed E-state index contributed by atoms with van der Waals surface area (Å²) in [7, 11) is 0. The van der Waals surface area contributed by atoms with Crippen LogP contribution in [0.1, 0.15) is 5.01 Å². The lowest BCUT2D eigenvalue weighted by Crippen LogP contribution is -2.10. The van der Waals surface area contributed by atoms with Crippen molar-refractivity contribution < 1.29 is 4.74 Å². The Hall–Kier alpha value is -0.390. The van der Waals surface area contributed by atoms with Gasteiger partial charge in [-0.05, 0) is 6.92 Å². The minimum Gasteiger partial charge on any atom is -0.378 e. The lowest BCUT2D eigenvalue weighted by atomic mass is 10.7. The van der Waals surface area contributed by atoms with Gasteiger partial charge in [0.15, 0.2) is 0 Å². The largest absolute Gasteiger partial charge is 0.378 e. The molecule has 0 radical (unpaired) electrons. The van der Waals surface area contributed by atoms with Crippen molar-refractivity contribution in [2.24, 2.45) is 0 Å². The van der Waals surface area contributed by atoms with Crippen LogP contribution in [0.5, 0.6) is 0 Å². The monoisotopic (exact) mass is 221 g/mol. The van der Waals surface area contributed by atoms with Crippen LogP contribution in [0.15, 0.2) is 0 Å². The summed E-state index contributed by atoms with van der Waals surface area (Å²) in [6.07, 6.45) is 0. The van der Waals surface area contributed by atoms with Gasteiger partial charge in [0.2, 0.25) is 5.13 Å². The summed E-state index contributed by atoms with van der Waals surface area (Å²) in [5.41, 5.74) is 0. The van der Waals surface area contributed by atoms with Gasteiger partial charge in [0, 0.05) is 12.4 Å². The van der Waals surface area contributed by atoms with Crippen molar-refractivity contribution in [3.63, 3.8) is 0 Å². The Labute approximate surface area is 86.3 Å². The van der Waals surface area contributed by atoms with Gasteiger partial charge in [0.1, 0.15) is 5.01 Å². The predicted molar refractivity (Wildman–Crippen MR) is 54.7 cm³/mol. The van der Waals surface area contributed by atoms with Crippen LogP contribution in [0.25, 0.3) is 0 Å². The first-order chi connectivity index (χ1) is 6.33. The second-order valence-electron chi connectivity index (χ2n) is 2.35. The quantitative estimate of drug-likeness (QED) is 0.585. The lowest BCUT2D eigenvalue weighted by Gasteiger charge is -2.01. The first kappa shape index (κ1) is 10.7. The number of halogens is 1.